The molecule has 0 fully saturated rings. The van der Waals surface area contributed by atoms with Gasteiger partial charge in [-0.1, -0.05) is 0 Å². The van der Waals surface area contributed by atoms with Crippen LogP contribution in [0.2, 0.25) is 0 Å². The van der Waals surface area contributed by atoms with Crippen molar-refractivity contribution in [1.29, 1.82) is 0 Å². The molecule has 0 radical (unpaired) electrons. The minimum absolute atomic E-state index is 0.303. The smallest absolute Gasteiger partial charge is 0.351 e. The van der Waals surface area contributed by atoms with E-state index in [1.165, 1.54) is 13.2 Å². The molecule has 0 aliphatic carbocycles. The molecule has 5 nitrogen and oxygen atoms in total. The summed E-state index contributed by atoms with van der Waals surface area (Å²) in [5.74, 6) is -0.726. The van der Waals surface area contributed by atoms with Crippen molar-refractivity contribution in [1.82, 2.24) is 0 Å². The number of carbonyl (C=O) groups is 1. The van der Waals surface area contributed by atoms with Crippen LogP contribution in [0, 0.1) is 3.57 Å². The lowest BCUT2D eigenvalue weighted by Crippen LogP contribution is -2.12. The van der Waals surface area contributed by atoms with E-state index in [0.29, 0.717) is 16.7 Å². The maximum atomic E-state index is 11.4. The number of carboxylic acid groups (broad SMARTS) is 1. The molecule has 1 heterocycles. The van der Waals surface area contributed by atoms with Gasteiger partial charge in [0.25, 0.3) is 0 Å². The normalized spacial score (nSPS) is 10.5. The first-order valence-corrected chi connectivity index (χ1v) is 5.65. The van der Waals surface area contributed by atoms with Crippen molar-refractivity contribution in [2.45, 2.75) is 0 Å². The minimum atomic E-state index is -1.30. The van der Waals surface area contributed by atoms with Crippen LogP contribution >= 0.6 is 22.6 Å². The van der Waals surface area contributed by atoms with E-state index in [4.69, 9.17) is 14.3 Å². The molecule has 6 heteroatoms. The number of carboxylic acids is 1. The molecule has 2 aromatic rings. The van der Waals surface area contributed by atoms with E-state index >= 15 is 0 Å². The molecule has 1 N–H and O–H groups in total. The van der Waals surface area contributed by atoms with Gasteiger partial charge in [-0.3, -0.25) is 0 Å². The van der Waals surface area contributed by atoms with Gasteiger partial charge < -0.3 is 14.3 Å². The second-order valence-electron chi connectivity index (χ2n) is 3.28. The van der Waals surface area contributed by atoms with Crippen molar-refractivity contribution in [3.63, 3.8) is 0 Å². The Morgan fingerprint density at radius 1 is 1.41 bits per heavy atom. The Balaban J connectivity index is 2.79. The Bertz CT molecular complexity index is 659. The van der Waals surface area contributed by atoms with Crippen molar-refractivity contribution < 1.29 is 19.1 Å². The maximum absolute atomic E-state index is 11.4. The molecule has 1 aromatic carbocycles. The number of halogens is 1. The first-order valence-electron chi connectivity index (χ1n) is 4.57. The predicted molar refractivity (Wildman–Crippen MR) is 68.7 cm³/mol. The zero-order chi connectivity index (χ0) is 12.6. The van der Waals surface area contributed by atoms with Crippen LogP contribution in [0.4, 0.5) is 0 Å². The Morgan fingerprint density at radius 2 is 2.12 bits per heavy atom. The van der Waals surface area contributed by atoms with Gasteiger partial charge in [0, 0.05) is 11.5 Å². The van der Waals surface area contributed by atoms with Gasteiger partial charge in [0.05, 0.1) is 10.7 Å². The Labute approximate surface area is 109 Å². The van der Waals surface area contributed by atoms with Crippen LogP contribution in [0.1, 0.15) is 10.4 Å². The average Bonchev–Trinajstić information content (AvgIpc) is 2.27. The fraction of sp³-hybridized carbons (Fsp3) is 0.0909. The summed E-state index contributed by atoms with van der Waals surface area (Å²) in [4.78, 5) is 22.2. The summed E-state index contributed by atoms with van der Waals surface area (Å²) in [5, 5.41) is 9.36. The van der Waals surface area contributed by atoms with Crippen LogP contribution < -0.4 is 10.4 Å². The molecule has 1 aromatic heterocycles. The summed E-state index contributed by atoms with van der Waals surface area (Å²) >= 11 is 2.05. The quantitative estimate of drug-likeness (QED) is 0.666. The molecule has 0 unspecified atom stereocenters. The molecular formula is C11H7IO5. The summed E-state index contributed by atoms with van der Waals surface area (Å²) in [6.45, 7) is 0. The highest BCUT2D eigenvalue weighted by Crippen LogP contribution is 2.26. The monoisotopic (exact) mass is 346 g/mol. The first kappa shape index (κ1) is 11.9. The number of fused-ring (bicyclic) bond motifs is 1. The van der Waals surface area contributed by atoms with Crippen molar-refractivity contribution in [2.24, 2.45) is 0 Å². The van der Waals surface area contributed by atoms with E-state index in [-0.39, 0.29) is 5.56 Å². The fourth-order valence-corrected chi connectivity index (χ4v) is 2.14. The number of hydrogen-bond donors (Lipinski definition) is 1. The van der Waals surface area contributed by atoms with Gasteiger partial charge in [0.1, 0.15) is 16.9 Å². The van der Waals surface area contributed by atoms with E-state index in [1.54, 1.807) is 12.1 Å². The minimum Gasteiger partial charge on any atom is -0.496 e. The van der Waals surface area contributed by atoms with Crippen LogP contribution in [0.25, 0.3) is 11.0 Å². The van der Waals surface area contributed by atoms with Gasteiger partial charge in [0.2, 0.25) is 0 Å². The molecule has 2 rings (SSSR count). The molecule has 0 amide bonds. The molecule has 88 valence electrons. The van der Waals surface area contributed by atoms with E-state index in [2.05, 4.69) is 22.6 Å². The third kappa shape index (κ3) is 2.12. The number of hydrogen-bond acceptors (Lipinski definition) is 4. The molecule has 0 bridgehead atoms. The zero-order valence-electron chi connectivity index (χ0n) is 8.69. The molecule has 0 aliphatic heterocycles. The number of ether oxygens (including phenoxy) is 1. The van der Waals surface area contributed by atoms with E-state index < -0.39 is 11.6 Å². The summed E-state index contributed by atoms with van der Waals surface area (Å²) in [7, 11) is 1.51. The third-order valence-corrected chi connectivity index (χ3v) is 3.08. The van der Waals surface area contributed by atoms with Crippen molar-refractivity contribution in [2.75, 3.05) is 7.11 Å². The largest absolute Gasteiger partial charge is 0.496 e. The standard InChI is InChI=1S/C11H7IO5/c1-16-9-4-8-5(3-7(9)12)2-6(10(13)14)11(15)17-8/h2-4H,1H3,(H,13,14). The highest BCUT2D eigenvalue weighted by atomic mass is 127. The van der Waals surface area contributed by atoms with Crippen LogP contribution in [-0.2, 0) is 0 Å². The molecule has 0 atom stereocenters. The van der Waals surface area contributed by atoms with E-state index in [1.807, 2.05) is 0 Å². The lowest BCUT2D eigenvalue weighted by atomic mass is 10.2. The highest BCUT2D eigenvalue weighted by molar-refractivity contribution is 14.1. The number of benzene rings is 1. The Morgan fingerprint density at radius 3 is 2.71 bits per heavy atom. The van der Waals surface area contributed by atoms with Gasteiger partial charge in [-0.05, 0) is 34.7 Å². The summed E-state index contributed by atoms with van der Waals surface area (Å²) in [5.41, 5.74) is -0.941. The number of methoxy groups -OCH3 is 1. The number of aromatic carboxylic acids is 1. The van der Waals surface area contributed by atoms with E-state index in [0.717, 1.165) is 3.57 Å². The topological polar surface area (TPSA) is 76.7 Å². The van der Waals surface area contributed by atoms with Gasteiger partial charge in [-0.15, -0.1) is 0 Å². The predicted octanol–water partition coefficient (Wildman–Crippen LogP) is 2.10. The van der Waals surface area contributed by atoms with Crippen molar-refractivity contribution >= 4 is 39.5 Å². The van der Waals surface area contributed by atoms with Crippen LogP contribution in [-0.4, -0.2) is 18.2 Å². The van der Waals surface area contributed by atoms with Crippen molar-refractivity contribution in [3.8, 4) is 5.75 Å². The first-order chi connectivity index (χ1) is 8.02. The van der Waals surface area contributed by atoms with Crippen LogP contribution in [0.15, 0.2) is 27.4 Å². The second kappa shape index (κ2) is 4.36. The highest BCUT2D eigenvalue weighted by Gasteiger charge is 2.13. The van der Waals surface area contributed by atoms with Gasteiger partial charge >= 0.3 is 11.6 Å². The molecular weight excluding hydrogens is 339 g/mol. The Kier molecular flexibility index (Phi) is 3.05. The third-order valence-electron chi connectivity index (χ3n) is 2.24. The molecule has 0 spiro atoms. The van der Waals surface area contributed by atoms with Gasteiger partial charge in [-0.25, -0.2) is 9.59 Å². The average molecular weight is 346 g/mol. The molecule has 0 saturated heterocycles. The van der Waals surface area contributed by atoms with Gasteiger partial charge in [-0.2, -0.15) is 0 Å². The van der Waals surface area contributed by atoms with E-state index in [9.17, 15) is 9.59 Å². The summed E-state index contributed by atoms with van der Waals surface area (Å²) in [6.07, 6.45) is 0. The molecule has 17 heavy (non-hydrogen) atoms. The Hall–Kier alpha value is -1.57. The summed E-state index contributed by atoms with van der Waals surface area (Å²) < 4.78 is 10.8. The molecule has 0 saturated carbocycles. The zero-order valence-corrected chi connectivity index (χ0v) is 10.8. The van der Waals surface area contributed by atoms with Gasteiger partial charge in [0.15, 0.2) is 0 Å². The fourth-order valence-electron chi connectivity index (χ4n) is 1.43. The van der Waals surface area contributed by atoms with Crippen molar-refractivity contribution in [3.05, 3.63) is 37.8 Å². The van der Waals surface area contributed by atoms with Crippen LogP contribution in [0.3, 0.4) is 0 Å². The lowest BCUT2D eigenvalue weighted by Gasteiger charge is -2.05. The number of rotatable bonds is 2. The maximum Gasteiger partial charge on any atom is 0.351 e. The molecule has 0 aliphatic rings. The lowest BCUT2D eigenvalue weighted by molar-refractivity contribution is 0.0692. The summed E-state index contributed by atoms with van der Waals surface area (Å²) in [6, 6.07) is 4.55. The van der Waals surface area contributed by atoms with Crippen LogP contribution in [0.5, 0.6) is 5.75 Å². The second-order valence-corrected chi connectivity index (χ2v) is 4.44. The SMILES string of the molecule is COc1cc2oc(=O)c(C(=O)O)cc2cc1I.